The first-order valence-electron chi connectivity index (χ1n) is 2.30. The summed E-state index contributed by atoms with van der Waals surface area (Å²) in [6.45, 7) is 0.821. The Morgan fingerprint density at radius 1 is 1.62 bits per heavy atom. The molecule has 0 spiro atoms. The Bertz CT molecular complexity index is 94.4. The summed E-state index contributed by atoms with van der Waals surface area (Å²) in [5.74, 6) is 0.156. The lowest BCUT2D eigenvalue weighted by molar-refractivity contribution is -0.123. The third kappa shape index (κ3) is 1.40. The van der Waals surface area contributed by atoms with Gasteiger partial charge in [0, 0.05) is 13.0 Å². The molecule has 0 N–H and O–H groups in total. The standard InChI is InChI=1S/C4H7NOS.CH4/c6-4-2-1-3-5(4)7;/h7H,1-3H2;1H4. The molecule has 8 heavy (non-hydrogen) atoms. The van der Waals surface area contributed by atoms with Crippen molar-refractivity contribution in [1.82, 2.24) is 4.31 Å². The van der Waals surface area contributed by atoms with E-state index in [4.69, 9.17) is 0 Å². The van der Waals surface area contributed by atoms with Gasteiger partial charge in [-0.05, 0) is 6.42 Å². The number of carbonyl (C=O) groups excluding carboxylic acids is 1. The van der Waals surface area contributed by atoms with E-state index in [2.05, 4.69) is 12.8 Å². The average molecular weight is 133 g/mol. The normalized spacial score (nSPS) is 18.6. The van der Waals surface area contributed by atoms with E-state index in [0.29, 0.717) is 6.42 Å². The van der Waals surface area contributed by atoms with Gasteiger partial charge in [-0.15, -0.1) is 0 Å². The molecule has 0 aromatic rings. The smallest absolute Gasteiger partial charge is 0.232 e. The highest BCUT2D eigenvalue weighted by Crippen LogP contribution is 2.10. The molecule has 0 saturated carbocycles. The molecule has 0 aliphatic carbocycles. The summed E-state index contributed by atoms with van der Waals surface area (Å²) in [5.41, 5.74) is 0. The van der Waals surface area contributed by atoms with Gasteiger partial charge < -0.3 is 0 Å². The lowest BCUT2D eigenvalue weighted by Crippen LogP contribution is -2.11. The highest BCUT2D eigenvalue weighted by atomic mass is 32.1. The molecule has 1 amide bonds. The molecule has 1 fully saturated rings. The van der Waals surface area contributed by atoms with Gasteiger partial charge in [0.15, 0.2) is 0 Å². The quantitative estimate of drug-likeness (QED) is 0.490. The minimum Gasteiger partial charge on any atom is -0.289 e. The minimum absolute atomic E-state index is 0. The second-order valence-corrected chi connectivity index (χ2v) is 2.10. The Balaban J connectivity index is 0.000000490. The molecule has 1 aliphatic rings. The van der Waals surface area contributed by atoms with Crippen LogP contribution in [0.25, 0.3) is 0 Å². The van der Waals surface area contributed by atoms with E-state index >= 15 is 0 Å². The largest absolute Gasteiger partial charge is 0.289 e. The number of nitrogens with zero attached hydrogens (tertiary/aromatic N) is 1. The number of carbonyl (C=O) groups is 1. The van der Waals surface area contributed by atoms with Crippen molar-refractivity contribution in [3.63, 3.8) is 0 Å². The van der Waals surface area contributed by atoms with Crippen LogP contribution in [0.15, 0.2) is 0 Å². The highest BCUT2D eigenvalue weighted by Gasteiger charge is 2.15. The van der Waals surface area contributed by atoms with Gasteiger partial charge in [0.05, 0.1) is 0 Å². The van der Waals surface area contributed by atoms with Gasteiger partial charge in [0.1, 0.15) is 0 Å². The van der Waals surface area contributed by atoms with Crippen LogP contribution in [0, 0.1) is 0 Å². The molecule has 2 nitrogen and oxygen atoms in total. The summed E-state index contributed by atoms with van der Waals surface area (Å²) in [7, 11) is 0. The molecule has 0 aromatic heterocycles. The molecule has 0 atom stereocenters. The Hall–Kier alpha value is -0.180. The number of hydrogen-bond donors (Lipinski definition) is 1. The van der Waals surface area contributed by atoms with E-state index in [9.17, 15) is 4.79 Å². The molecular formula is C5H11NOS. The van der Waals surface area contributed by atoms with Gasteiger partial charge in [0.25, 0.3) is 0 Å². The molecule has 1 rings (SSSR count). The molecule has 0 unspecified atom stereocenters. The van der Waals surface area contributed by atoms with Crippen LogP contribution in [-0.4, -0.2) is 16.8 Å². The molecule has 3 heteroatoms. The molecule has 0 radical (unpaired) electrons. The van der Waals surface area contributed by atoms with E-state index in [1.54, 1.807) is 0 Å². The summed E-state index contributed by atoms with van der Waals surface area (Å²) >= 11 is 3.87. The first-order valence-corrected chi connectivity index (χ1v) is 2.70. The maximum Gasteiger partial charge on any atom is 0.232 e. The fraction of sp³-hybridized carbons (Fsp3) is 0.800. The van der Waals surface area contributed by atoms with Crippen LogP contribution in [0.5, 0.6) is 0 Å². The van der Waals surface area contributed by atoms with Crippen LogP contribution in [0.1, 0.15) is 20.3 Å². The fourth-order valence-corrected chi connectivity index (χ4v) is 0.875. The number of amides is 1. The third-order valence-corrected chi connectivity index (χ3v) is 1.47. The Labute approximate surface area is 55.4 Å². The monoisotopic (exact) mass is 133 g/mol. The van der Waals surface area contributed by atoms with Crippen molar-refractivity contribution in [2.75, 3.05) is 6.54 Å². The van der Waals surface area contributed by atoms with Gasteiger partial charge >= 0.3 is 0 Å². The summed E-state index contributed by atoms with van der Waals surface area (Å²) in [4.78, 5) is 10.4. The van der Waals surface area contributed by atoms with Crippen LogP contribution < -0.4 is 0 Å². The minimum atomic E-state index is 0. The molecule has 1 saturated heterocycles. The van der Waals surface area contributed by atoms with Crippen molar-refractivity contribution < 1.29 is 4.79 Å². The van der Waals surface area contributed by atoms with Gasteiger partial charge in [-0.2, -0.15) is 0 Å². The van der Waals surface area contributed by atoms with E-state index in [-0.39, 0.29) is 13.3 Å². The van der Waals surface area contributed by atoms with Crippen molar-refractivity contribution in [2.45, 2.75) is 20.3 Å². The van der Waals surface area contributed by atoms with E-state index in [1.807, 2.05) is 0 Å². The van der Waals surface area contributed by atoms with Crippen molar-refractivity contribution in [3.05, 3.63) is 0 Å². The van der Waals surface area contributed by atoms with Crippen molar-refractivity contribution >= 4 is 18.7 Å². The fourth-order valence-electron chi connectivity index (χ4n) is 0.634. The van der Waals surface area contributed by atoms with Crippen molar-refractivity contribution in [2.24, 2.45) is 0 Å². The number of hydrogen-bond acceptors (Lipinski definition) is 2. The van der Waals surface area contributed by atoms with E-state index in [1.165, 1.54) is 4.31 Å². The van der Waals surface area contributed by atoms with E-state index in [0.717, 1.165) is 13.0 Å². The van der Waals surface area contributed by atoms with Crippen LogP contribution in [-0.2, 0) is 4.79 Å². The Morgan fingerprint density at radius 2 is 2.25 bits per heavy atom. The van der Waals surface area contributed by atoms with Gasteiger partial charge in [-0.1, -0.05) is 20.2 Å². The van der Waals surface area contributed by atoms with Crippen LogP contribution >= 0.6 is 12.8 Å². The molecule has 0 bridgehead atoms. The van der Waals surface area contributed by atoms with E-state index < -0.39 is 0 Å². The zero-order valence-electron chi connectivity index (χ0n) is 3.92. The van der Waals surface area contributed by atoms with Crippen LogP contribution in [0.2, 0.25) is 0 Å². The molecule has 1 aliphatic heterocycles. The molecular weight excluding hydrogens is 122 g/mol. The lowest BCUT2D eigenvalue weighted by Gasteiger charge is -2.01. The first kappa shape index (κ1) is 7.82. The van der Waals surface area contributed by atoms with Gasteiger partial charge in [-0.3, -0.25) is 9.10 Å². The molecule has 48 valence electrons. The zero-order chi connectivity index (χ0) is 5.28. The van der Waals surface area contributed by atoms with Crippen molar-refractivity contribution in [1.29, 1.82) is 0 Å². The summed E-state index contributed by atoms with van der Waals surface area (Å²) in [6.07, 6.45) is 1.66. The predicted octanol–water partition coefficient (Wildman–Crippen LogP) is 1.09. The SMILES string of the molecule is C.O=C1CCCN1S. The Kier molecular flexibility index (Phi) is 2.90. The number of rotatable bonds is 0. The second kappa shape index (κ2) is 2.97. The summed E-state index contributed by atoms with van der Waals surface area (Å²) in [6, 6.07) is 0. The third-order valence-electron chi connectivity index (χ3n) is 1.05. The average Bonchev–Trinajstić information content (AvgIpc) is 1.91. The summed E-state index contributed by atoms with van der Waals surface area (Å²) < 4.78 is 1.46. The van der Waals surface area contributed by atoms with Crippen molar-refractivity contribution in [3.8, 4) is 0 Å². The highest BCUT2D eigenvalue weighted by molar-refractivity contribution is 7.78. The maximum atomic E-state index is 10.4. The summed E-state index contributed by atoms with van der Waals surface area (Å²) in [5, 5.41) is 0. The topological polar surface area (TPSA) is 20.3 Å². The van der Waals surface area contributed by atoms with Crippen LogP contribution in [0.4, 0.5) is 0 Å². The lowest BCUT2D eigenvalue weighted by atomic mass is 10.4. The maximum absolute atomic E-state index is 10.4. The van der Waals surface area contributed by atoms with Crippen LogP contribution in [0.3, 0.4) is 0 Å². The first-order chi connectivity index (χ1) is 3.30. The predicted molar refractivity (Wildman–Crippen MR) is 36.7 cm³/mol. The second-order valence-electron chi connectivity index (χ2n) is 1.62. The Morgan fingerprint density at radius 3 is 2.38 bits per heavy atom. The number of thiol groups is 1. The van der Waals surface area contributed by atoms with Gasteiger partial charge in [0.2, 0.25) is 5.91 Å². The van der Waals surface area contributed by atoms with Gasteiger partial charge in [-0.25, -0.2) is 0 Å². The molecule has 1 heterocycles. The zero-order valence-corrected chi connectivity index (χ0v) is 4.82. The molecule has 0 aromatic carbocycles.